The molecule has 0 spiro atoms. The van der Waals surface area contributed by atoms with Gasteiger partial charge in [-0.3, -0.25) is 19.4 Å². The first-order valence-electron chi connectivity index (χ1n) is 11.6. The molecule has 4 heterocycles. The highest BCUT2D eigenvalue weighted by Crippen LogP contribution is 2.39. The van der Waals surface area contributed by atoms with Crippen LogP contribution in [0, 0.1) is 6.92 Å². The zero-order valence-electron chi connectivity index (χ0n) is 19.0. The Balaban J connectivity index is 1.14. The lowest BCUT2D eigenvalue weighted by atomic mass is 10.1. The summed E-state index contributed by atoms with van der Waals surface area (Å²) in [6.07, 6.45) is 0. The van der Waals surface area contributed by atoms with Crippen molar-refractivity contribution in [3.63, 3.8) is 0 Å². The van der Waals surface area contributed by atoms with Gasteiger partial charge in [0.25, 0.3) is 11.8 Å². The summed E-state index contributed by atoms with van der Waals surface area (Å²) in [5.74, 6) is 0.647. The number of rotatable bonds is 3. The zero-order chi connectivity index (χ0) is 23.2. The molecule has 3 aromatic rings. The standard InChI is InChI=1S/C26H25N5O2S/c1-17-16-20-23(27-21-8-4-5-9-22(21)28-24(20)34-17)30-13-10-29(11-14-30)12-15-31-25(32)18-6-2-3-7-19(18)26(31)33/h2-9,16,28H,10-15H2,1H3. The van der Waals surface area contributed by atoms with Crippen molar-refractivity contribution in [2.24, 2.45) is 4.99 Å². The van der Waals surface area contributed by atoms with E-state index < -0.39 is 0 Å². The fourth-order valence-corrected chi connectivity index (χ4v) is 5.77. The number of aryl methyl sites for hydroxylation is 1. The summed E-state index contributed by atoms with van der Waals surface area (Å²) >= 11 is 1.75. The lowest BCUT2D eigenvalue weighted by Crippen LogP contribution is -2.50. The number of carbonyl (C=O) groups is 2. The molecule has 1 aromatic heterocycles. The summed E-state index contributed by atoms with van der Waals surface area (Å²) in [4.78, 5) is 37.7. The second-order valence-corrected chi connectivity index (χ2v) is 10.1. The number of imide groups is 1. The van der Waals surface area contributed by atoms with Crippen LogP contribution in [-0.2, 0) is 0 Å². The molecule has 0 unspecified atom stereocenters. The maximum absolute atomic E-state index is 12.6. The van der Waals surface area contributed by atoms with Gasteiger partial charge >= 0.3 is 0 Å². The van der Waals surface area contributed by atoms with Crippen molar-refractivity contribution in [2.45, 2.75) is 6.92 Å². The van der Waals surface area contributed by atoms with Crippen LogP contribution >= 0.6 is 11.3 Å². The van der Waals surface area contributed by atoms with Crippen LogP contribution in [0.25, 0.3) is 0 Å². The Kier molecular flexibility index (Phi) is 5.19. The van der Waals surface area contributed by atoms with Gasteiger partial charge in [-0.25, -0.2) is 4.99 Å². The minimum Gasteiger partial charge on any atom is -0.353 e. The first kappa shape index (κ1) is 21.1. The summed E-state index contributed by atoms with van der Waals surface area (Å²) in [5.41, 5.74) is 4.16. The van der Waals surface area contributed by atoms with Crippen LogP contribution in [0.5, 0.6) is 0 Å². The maximum atomic E-state index is 12.6. The third kappa shape index (κ3) is 3.59. The minimum atomic E-state index is -0.182. The van der Waals surface area contributed by atoms with Crippen molar-refractivity contribution in [3.05, 3.63) is 76.2 Å². The van der Waals surface area contributed by atoms with Crippen LogP contribution in [-0.4, -0.2) is 71.6 Å². The van der Waals surface area contributed by atoms with E-state index in [-0.39, 0.29) is 11.8 Å². The average molecular weight is 472 g/mol. The SMILES string of the molecule is Cc1cc2c(s1)Nc1ccccc1N=C2N1CCN(CCN2C(=O)c3ccccc3C2=O)CC1. The number of fused-ring (bicyclic) bond motifs is 3. The predicted molar refractivity (Wildman–Crippen MR) is 135 cm³/mol. The number of amides is 2. The molecule has 1 N–H and O–H groups in total. The topological polar surface area (TPSA) is 68.2 Å². The number of anilines is 2. The van der Waals surface area contributed by atoms with Crippen molar-refractivity contribution < 1.29 is 9.59 Å². The summed E-state index contributed by atoms with van der Waals surface area (Å²) in [6.45, 7) is 6.62. The quantitative estimate of drug-likeness (QED) is 0.583. The van der Waals surface area contributed by atoms with Crippen molar-refractivity contribution in [2.75, 3.05) is 44.6 Å². The summed E-state index contributed by atoms with van der Waals surface area (Å²) in [7, 11) is 0. The number of hydrogen-bond donors (Lipinski definition) is 1. The molecule has 3 aliphatic heterocycles. The molecule has 6 rings (SSSR count). The molecule has 0 aliphatic carbocycles. The lowest BCUT2D eigenvalue weighted by molar-refractivity contribution is 0.0626. The first-order chi connectivity index (χ1) is 16.6. The Morgan fingerprint density at radius 3 is 2.29 bits per heavy atom. The number of benzene rings is 2. The van der Waals surface area contributed by atoms with Crippen molar-refractivity contribution >= 4 is 45.4 Å². The second-order valence-electron chi connectivity index (χ2n) is 8.81. The van der Waals surface area contributed by atoms with E-state index in [9.17, 15) is 9.59 Å². The van der Waals surface area contributed by atoms with Gasteiger partial charge in [0.05, 0.1) is 28.1 Å². The van der Waals surface area contributed by atoms with Gasteiger partial charge in [-0.1, -0.05) is 24.3 Å². The van der Waals surface area contributed by atoms with Crippen LogP contribution in [0.3, 0.4) is 0 Å². The van der Waals surface area contributed by atoms with Gasteiger partial charge in [0, 0.05) is 44.1 Å². The monoisotopic (exact) mass is 471 g/mol. The van der Waals surface area contributed by atoms with Gasteiger partial charge in [0.2, 0.25) is 0 Å². The molecule has 8 heteroatoms. The van der Waals surface area contributed by atoms with Gasteiger partial charge in [-0.2, -0.15) is 0 Å². The molecular weight excluding hydrogens is 446 g/mol. The first-order valence-corrected chi connectivity index (χ1v) is 12.4. The number of thiophene rings is 1. The molecule has 34 heavy (non-hydrogen) atoms. The summed E-state index contributed by atoms with van der Waals surface area (Å²) in [5, 5.41) is 4.70. The highest BCUT2D eigenvalue weighted by molar-refractivity contribution is 7.16. The Labute approximate surface area is 202 Å². The van der Waals surface area contributed by atoms with E-state index in [1.54, 1.807) is 35.6 Å². The van der Waals surface area contributed by atoms with Crippen LogP contribution in [0.15, 0.2) is 59.6 Å². The minimum absolute atomic E-state index is 0.182. The molecule has 3 aliphatic rings. The molecule has 7 nitrogen and oxygen atoms in total. The largest absolute Gasteiger partial charge is 0.353 e. The molecule has 172 valence electrons. The number of nitrogens with one attached hydrogen (secondary N) is 1. The molecule has 1 fully saturated rings. The predicted octanol–water partition coefficient (Wildman–Crippen LogP) is 4.11. The lowest BCUT2D eigenvalue weighted by Gasteiger charge is -2.36. The van der Waals surface area contributed by atoms with Crippen LogP contribution < -0.4 is 5.32 Å². The average Bonchev–Trinajstić information content (AvgIpc) is 3.28. The van der Waals surface area contributed by atoms with Crippen LogP contribution in [0.1, 0.15) is 31.2 Å². The molecule has 0 saturated carbocycles. The third-order valence-corrected chi connectivity index (χ3v) is 7.63. The van der Waals surface area contributed by atoms with Crippen LogP contribution in [0.2, 0.25) is 0 Å². The highest BCUT2D eigenvalue weighted by Gasteiger charge is 2.35. The van der Waals surface area contributed by atoms with E-state index >= 15 is 0 Å². The number of hydrogen-bond acceptors (Lipinski definition) is 7. The zero-order valence-corrected chi connectivity index (χ0v) is 19.8. The normalized spacial score (nSPS) is 17.6. The van der Waals surface area contributed by atoms with Gasteiger partial charge in [-0.15, -0.1) is 11.3 Å². The molecule has 2 amide bonds. The number of nitrogens with zero attached hydrogens (tertiary/aromatic N) is 4. The van der Waals surface area contributed by atoms with Gasteiger partial charge in [0.1, 0.15) is 10.8 Å². The number of aliphatic imine (C=N–C) groups is 1. The molecular formula is C26H25N5O2S. The van der Waals surface area contributed by atoms with Gasteiger partial charge < -0.3 is 10.2 Å². The third-order valence-electron chi connectivity index (χ3n) is 6.66. The van der Waals surface area contributed by atoms with E-state index in [2.05, 4.69) is 34.2 Å². The molecule has 0 bridgehead atoms. The fourth-order valence-electron chi connectivity index (χ4n) is 4.85. The summed E-state index contributed by atoms with van der Waals surface area (Å²) in [6, 6.07) is 17.4. The molecule has 0 atom stereocenters. The molecule has 2 aromatic carbocycles. The number of amidine groups is 1. The number of piperazine rings is 1. The van der Waals surface area contributed by atoms with Gasteiger partial charge in [0.15, 0.2) is 0 Å². The Morgan fingerprint density at radius 2 is 1.56 bits per heavy atom. The van der Waals surface area contributed by atoms with E-state index in [0.717, 1.165) is 54.0 Å². The molecule has 1 saturated heterocycles. The van der Waals surface area contributed by atoms with Gasteiger partial charge in [-0.05, 0) is 37.3 Å². The Morgan fingerprint density at radius 1 is 0.882 bits per heavy atom. The number of para-hydroxylation sites is 2. The Bertz CT molecular complexity index is 1290. The van der Waals surface area contributed by atoms with Crippen LogP contribution in [0.4, 0.5) is 16.4 Å². The molecule has 0 radical (unpaired) electrons. The maximum Gasteiger partial charge on any atom is 0.261 e. The van der Waals surface area contributed by atoms with E-state index in [1.807, 2.05) is 18.2 Å². The van der Waals surface area contributed by atoms with E-state index in [0.29, 0.717) is 24.2 Å². The smallest absolute Gasteiger partial charge is 0.261 e. The summed E-state index contributed by atoms with van der Waals surface area (Å²) < 4.78 is 0. The number of carbonyl (C=O) groups excluding carboxylic acids is 2. The van der Waals surface area contributed by atoms with Crippen molar-refractivity contribution in [3.8, 4) is 0 Å². The highest BCUT2D eigenvalue weighted by atomic mass is 32.1. The van der Waals surface area contributed by atoms with Crippen molar-refractivity contribution in [1.82, 2.24) is 14.7 Å². The van der Waals surface area contributed by atoms with Crippen molar-refractivity contribution in [1.29, 1.82) is 0 Å². The second kappa shape index (κ2) is 8.38. The van der Waals surface area contributed by atoms with E-state index in [1.165, 1.54) is 9.78 Å². The van der Waals surface area contributed by atoms with E-state index in [4.69, 9.17) is 4.99 Å². The fraction of sp³-hybridized carbons (Fsp3) is 0.269. The Hall–Kier alpha value is -3.49.